The van der Waals surface area contributed by atoms with Gasteiger partial charge in [0.05, 0.1) is 3.79 Å². The first-order chi connectivity index (χ1) is 15.8. The molecule has 3 heteroatoms. The molecule has 0 fully saturated rings. The van der Waals surface area contributed by atoms with Crippen LogP contribution < -0.4 is 4.90 Å². The first kappa shape index (κ1) is 19.5. The molecule has 154 valence electrons. The van der Waals surface area contributed by atoms with E-state index in [-0.39, 0.29) is 0 Å². The van der Waals surface area contributed by atoms with E-state index in [0.29, 0.717) is 0 Å². The molecule has 32 heavy (non-hydrogen) atoms. The highest BCUT2D eigenvalue weighted by molar-refractivity contribution is 9.11. The summed E-state index contributed by atoms with van der Waals surface area (Å²) in [4.78, 5) is 2.35. The Morgan fingerprint density at radius 3 is 2.06 bits per heavy atom. The van der Waals surface area contributed by atoms with E-state index in [1.54, 1.807) is 11.3 Å². The van der Waals surface area contributed by atoms with E-state index < -0.39 is 0 Å². The maximum Gasteiger partial charge on any atom is 0.101 e. The third-order valence-electron chi connectivity index (χ3n) is 6.05. The van der Waals surface area contributed by atoms with Crippen LogP contribution in [0.15, 0.2) is 113 Å². The molecule has 4 aromatic carbocycles. The Morgan fingerprint density at radius 2 is 1.28 bits per heavy atom. The lowest BCUT2D eigenvalue weighted by molar-refractivity contribution is 1.24. The van der Waals surface area contributed by atoms with Crippen LogP contribution in [0.4, 0.5) is 16.4 Å². The molecule has 1 nitrogen and oxygen atoms in total. The second-order valence-corrected chi connectivity index (χ2v) is 10.4. The molecule has 0 atom stereocenters. The van der Waals surface area contributed by atoms with E-state index in [4.69, 9.17) is 0 Å². The van der Waals surface area contributed by atoms with Gasteiger partial charge in [0.15, 0.2) is 0 Å². The highest BCUT2D eigenvalue weighted by Crippen LogP contribution is 2.44. The fourth-order valence-corrected chi connectivity index (χ4v) is 5.94. The van der Waals surface area contributed by atoms with Crippen molar-refractivity contribution >= 4 is 43.6 Å². The Morgan fingerprint density at radius 1 is 0.594 bits per heavy atom. The number of rotatable bonds is 4. The van der Waals surface area contributed by atoms with Gasteiger partial charge in [-0.25, -0.2) is 0 Å². The van der Waals surface area contributed by atoms with Crippen molar-refractivity contribution in [3.63, 3.8) is 0 Å². The predicted molar refractivity (Wildman–Crippen MR) is 140 cm³/mol. The number of hydrogen-bond acceptors (Lipinski definition) is 2. The van der Waals surface area contributed by atoms with Gasteiger partial charge in [0.25, 0.3) is 0 Å². The number of halogens is 1. The van der Waals surface area contributed by atoms with Crippen LogP contribution in [0.2, 0.25) is 0 Å². The molecule has 0 saturated carbocycles. The van der Waals surface area contributed by atoms with Crippen LogP contribution in [0.1, 0.15) is 11.1 Å². The van der Waals surface area contributed by atoms with Crippen molar-refractivity contribution in [1.29, 1.82) is 0 Å². The number of thiophene rings is 1. The van der Waals surface area contributed by atoms with Crippen LogP contribution in [-0.2, 0) is 6.42 Å². The summed E-state index contributed by atoms with van der Waals surface area (Å²) in [7, 11) is 0. The lowest BCUT2D eigenvalue weighted by atomic mass is 10.0. The number of fused-ring (bicyclic) bond motifs is 3. The van der Waals surface area contributed by atoms with Crippen molar-refractivity contribution < 1.29 is 0 Å². The second kappa shape index (κ2) is 8.09. The van der Waals surface area contributed by atoms with Gasteiger partial charge in [0.2, 0.25) is 0 Å². The lowest BCUT2D eigenvalue weighted by Crippen LogP contribution is -2.08. The molecule has 1 aromatic heterocycles. The molecule has 1 aliphatic rings. The molecule has 0 saturated heterocycles. The fraction of sp³-hybridized carbons (Fsp3) is 0.0345. The maximum atomic E-state index is 3.65. The quantitative estimate of drug-likeness (QED) is 0.236. The minimum absolute atomic E-state index is 0.994. The molecule has 0 N–H and O–H groups in total. The first-order valence-electron chi connectivity index (χ1n) is 10.7. The monoisotopic (exact) mass is 493 g/mol. The molecule has 0 unspecified atom stereocenters. The Hall–Kier alpha value is -3.14. The molecule has 0 amide bonds. The van der Waals surface area contributed by atoms with E-state index >= 15 is 0 Å². The SMILES string of the molecule is Brc1ccc(N(c2ccc(-c3ccccc3)cc2)c2ccc3c(c2)Cc2ccccc2-3)s1. The standard InChI is InChI=1S/C29H20BrNS/c30-28-16-17-29(32-28)31(24-12-10-21(11-13-24)20-6-2-1-3-7-20)25-14-15-27-23(19-25)18-22-8-4-5-9-26(22)27/h1-17,19H,18H2. The van der Waals surface area contributed by atoms with E-state index in [2.05, 4.69) is 130 Å². The topological polar surface area (TPSA) is 3.24 Å². The zero-order chi connectivity index (χ0) is 21.5. The average molecular weight is 494 g/mol. The minimum atomic E-state index is 0.994. The summed E-state index contributed by atoms with van der Waals surface area (Å²) in [6.45, 7) is 0. The molecular formula is C29H20BrNS. The van der Waals surface area contributed by atoms with Gasteiger partial charge in [-0.3, -0.25) is 0 Å². The van der Waals surface area contributed by atoms with Gasteiger partial charge < -0.3 is 4.90 Å². The van der Waals surface area contributed by atoms with Crippen LogP contribution >= 0.6 is 27.3 Å². The van der Waals surface area contributed by atoms with Gasteiger partial charge in [0, 0.05) is 11.4 Å². The van der Waals surface area contributed by atoms with Crippen molar-refractivity contribution in [2.75, 3.05) is 4.90 Å². The zero-order valence-electron chi connectivity index (χ0n) is 17.3. The summed E-state index contributed by atoms with van der Waals surface area (Å²) < 4.78 is 1.13. The van der Waals surface area contributed by atoms with Crippen molar-refractivity contribution in [2.45, 2.75) is 6.42 Å². The van der Waals surface area contributed by atoms with Crippen molar-refractivity contribution in [2.24, 2.45) is 0 Å². The Balaban J connectivity index is 1.42. The summed E-state index contributed by atoms with van der Waals surface area (Å²) in [5.74, 6) is 0. The molecule has 6 rings (SSSR count). The van der Waals surface area contributed by atoms with Crippen LogP contribution in [0.5, 0.6) is 0 Å². The Bertz CT molecular complexity index is 1400. The molecule has 0 radical (unpaired) electrons. The number of anilines is 3. The summed E-state index contributed by atoms with van der Waals surface area (Å²) in [5.41, 5.74) is 10.4. The zero-order valence-corrected chi connectivity index (χ0v) is 19.7. The van der Waals surface area contributed by atoms with E-state index in [0.717, 1.165) is 15.9 Å². The third-order valence-corrected chi connectivity index (χ3v) is 7.66. The fourth-order valence-electron chi connectivity index (χ4n) is 4.53. The summed E-state index contributed by atoms with van der Waals surface area (Å²) in [6.07, 6.45) is 0.994. The molecular weight excluding hydrogens is 474 g/mol. The summed E-state index contributed by atoms with van der Waals surface area (Å²) >= 11 is 5.40. The van der Waals surface area contributed by atoms with Crippen molar-refractivity contribution in [3.8, 4) is 22.3 Å². The van der Waals surface area contributed by atoms with Crippen molar-refractivity contribution in [1.82, 2.24) is 0 Å². The Kier molecular flexibility index (Phi) is 4.94. The lowest BCUT2D eigenvalue weighted by Gasteiger charge is -2.24. The summed E-state index contributed by atoms with van der Waals surface area (Å²) in [6, 6.07) is 39.3. The van der Waals surface area contributed by atoms with E-state index in [9.17, 15) is 0 Å². The first-order valence-corrected chi connectivity index (χ1v) is 12.3. The van der Waals surface area contributed by atoms with Crippen molar-refractivity contribution in [3.05, 3.63) is 124 Å². The number of nitrogens with zero attached hydrogens (tertiary/aromatic N) is 1. The van der Waals surface area contributed by atoms with Crippen LogP contribution in [-0.4, -0.2) is 0 Å². The van der Waals surface area contributed by atoms with Crippen LogP contribution in [0.3, 0.4) is 0 Å². The van der Waals surface area contributed by atoms with Gasteiger partial charge in [0.1, 0.15) is 5.00 Å². The molecule has 1 heterocycles. The molecule has 0 aliphatic heterocycles. The average Bonchev–Trinajstić information content (AvgIpc) is 3.43. The van der Waals surface area contributed by atoms with Gasteiger partial charge in [-0.15, -0.1) is 11.3 Å². The maximum absolute atomic E-state index is 3.65. The molecule has 5 aromatic rings. The summed E-state index contributed by atoms with van der Waals surface area (Å²) in [5, 5.41) is 1.19. The van der Waals surface area contributed by atoms with Gasteiger partial charge in [-0.05, 0) is 92.1 Å². The molecule has 0 bridgehead atoms. The van der Waals surface area contributed by atoms with Crippen LogP contribution in [0, 0.1) is 0 Å². The van der Waals surface area contributed by atoms with E-state index in [1.807, 2.05) is 0 Å². The Labute approximate surface area is 200 Å². The van der Waals surface area contributed by atoms with E-state index in [1.165, 1.54) is 44.1 Å². The third kappa shape index (κ3) is 3.48. The van der Waals surface area contributed by atoms with Crippen LogP contribution in [0.25, 0.3) is 22.3 Å². The smallest absolute Gasteiger partial charge is 0.101 e. The predicted octanol–water partition coefficient (Wildman–Crippen LogP) is 9.22. The van der Waals surface area contributed by atoms with Gasteiger partial charge in [-0.1, -0.05) is 72.8 Å². The minimum Gasteiger partial charge on any atom is -0.302 e. The van der Waals surface area contributed by atoms with Gasteiger partial charge >= 0.3 is 0 Å². The largest absolute Gasteiger partial charge is 0.302 e. The highest BCUT2D eigenvalue weighted by atomic mass is 79.9. The highest BCUT2D eigenvalue weighted by Gasteiger charge is 2.21. The second-order valence-electron chi connectivity index (χ2n) is 8.00. The molecule has 0 spiro atoms. The number of benzene rings is 4. The van der Waals surface area contributed by atoms with Gasteiger partial charge in [-0.2, -0.15) is 0 Å². The number of hydrogen-bond donors (Lipinski definition) is 0. The molecule has 1 aliphatic carbocycles. The normalized spacial score (nSPS) is 11.8.